The third-order valence-electron chi connectivity index (χ3n) is 7.73. The SMILES string of the molecule is COc1ccc([C@@H]2CC(=O)C3=C(C2)N=C(C)C(C(=O)OCCc2ccccc2)[C@H]3c2ccc(F)cc2)cc1OC. The quantitative estimate of drug-likeness (QED) is 0.317. The van der Waals surface area contributed by atoms with E-state index >= 15 is 0 Å². The zero-order chi connectivity index (χ0) is 28.2. The van der Waals surface area contributed by atoms with Crippen molar-refractivity contribution < 1.29 is 28.2 Å². The highest BCUT2D eigenvalue weighted by Crippen LogP contribution is 2.47. The Morgan fingerprint density at radius 2 is 1.62 bits per heavy atom. The van der Waals surface area contributed by atoms with Crippen LogP contribution in [0.5, 0.6) is 11.5 Å². The largest absolute Gasteiger partial charge is 0.493 e. The third kappa shape index (κ3) is 5.55. The Hall–Kier alpha value is -4.26. The second-order valence-electron chi connectivity index (χ2n) is 10.2. The van der Waals surface area contributed by atoms with Crippen molar-refractivity contribution in [1.29, 1.82) is 0 Å². The molecule has 6 nitrogen and oxygen atoms in total. The number of carbonyl (C=O) groups excluding carboxylic acids is 2. The number of ketones is 1. The fourth-order valence-electron chi connectivity index (χ4n) is 5.74. The van der Waals surface area contributed by atoms with Crippen molar-refractivity contribution in [2.45, 2.75) is 38.0 Å². The molecule has 0 amide bonds. The minimum Gasteiger partial charge on any atom is -0.493 e. The molecule has 3 atom stereocenters. The molecule has 0 spiro atoms. The molecule has 3 aromatic rings. The molecular weight excluding hydrogens is 509 g/mol. The number of esters is 1. The number of benzene rings is 3. The van der Waals surface area contributed by atoms with Crippen LogP contribution < -0.4 is 9.47 Å². The van der Waals surface area contributed by atoms with E-state index in [1.165, 1.54) is 12.1 Å². The molecule has 5 rings (SSSR count). The van der Waals surface area contributed by atoms with E-state index in [-0.39, 0.29) is 30.5 Å². The Bertz CT molecular complexity index is 1460. The number of halogens is 1. The number of methoxy groups -OCH3 is 2. The maximum atomic E-state index is 13.9. The van der Waals surface area contributed by atoms with Crippen molar-refractivity contribution in [3.05, 3.63) is 107 Å². The maximum absolute atomic E-state index is 13.9. The summed E-state index contributed by atoms with van der Waals surface area (Å²) in [6.45, 7) is 2.01. The number of ether oxygens (including phenoxy) is 3. The van der Waals surface area contributed by atoms with Gasteiger partial charge in [0.15, 0.2) is 17.3 Å². The van der Waals surface area contributed by atoms with E-state index in [0.717, 1.165) is 11.1 Å². The molecule has 0 bridgehead atoms. The van der Waals surface area contributed by atoms with Crippen LogP contribution >= 0.6 is 0 Å². The summed E-state index contributed by atoms with van der Waals surface area (Å²) in [4.78, 5) is 32.1. The van der Waals surface area contributed by atoms with Crippen LogP contribution in [0.25, 0.3) is 0 Å². The van der Waals surface area contributed by atoms with Gasteiger partial charge in [-0.05, 0) is 60.2 Å². The van der Waals surface area contributed by atoms with Crippen molar-refractivity contribution in [1.82, 2.24) is 0 Å². The van der Waals surface area contributed by atoms with Crippen molar-refractivity contribution >= 4 is 17.5 Å². The summed E-state index contributed by atoms with van der Waals surface area (Å²) >= 11 is 0. The standard InChI is InChI=1S/C33H32FNO5/c1-20-30(33(37)40-16-15-21-7-5-4-6-8-21)31(22-9-12-25(34)13-10-22)32-26(35-20)17-24(18-27(32)36)23-11-14-28(38-2)29(19-23)39-3/h4-14,19,24,30-31H,15-18H2,1-3H3/t24-,30?,31+/m0/s1. The van der Waals surface area contributed by atoms with Crippen LogP contribution in [-0.2, 0) is 20.7 Å². The van der Waals surface area contributed by atoms with Crippen LogP contribution in [0.2, 0.25) is 0 Å². The maximum Gasteiger partial charge on any atom is 0.315 e. The van der Waals surface area contributed by atoms with Gasteiger partial charge in [0.2, 0.25) is 0 Å². The van der Waals surface area contributed by atoms with E-state index in [4.69, 9.17) is 19.2 Å². The Morgan fingerprint density at radius 1 is 0.925 bits per heavy atom. The molecule has 0 saturated heterocycles. The van der Waals surface area contributed by atoms with Crippen molar-refractivity contribution in [2.75, 3.05) is 20.8 Å². The van der Waals surface area contributed by atoms with Gasteiger partial charge in [-0.3, -0.25) is 14.6 Å². The Kier molecular flexibility index (Phi) is 8.10. The number of allylic oxidation sites excluding steroid dienone is 2. The van der Waals surface area contributed by atoms with E-state index < -0.39 is 17.8 Å². The van der Waals surface area contributed by atoms with Crippen molar-refractivity contribution in [3.8, 4) is 11.5 Å². The Morgan fingerprint density at radius 3 is 2.33 bits per heavy atom. The summed E-state index contributed by atoms with van der Waals surface area (Å²) in [5.74, 6) is -1.17. The molecule has 1 aliphatic heterocycles. The van der Waals surface area contributed by atoms with Gasteiger partial charge >= 0.3 is 5.97 Å². The molecular formula is C33H32FNO5. The van der Waals surface area contributed by atoms with Crippen LogP contribution in [0.3, 0.4) is 0 Å². The van der Waals surface area contributed by atoms with Crippen molar-refractivity contribution in [2.24, 2.45) is 10.9 Å². The second-order valence-corrected chi connectivity index (χ2v) is 10.2. The molecule has 1 unspecified atom stereocenters. The summed E-state index contributed by atoms with van der Waals surface area (Å²) in [5.41, 5.74) is 4.46. The first-order valence-electron chi connectivity index (χ1n) is 13.4. The first-order valence-corrected chi connectivity index (χ1v) is 13.4. The van der Waals surface area contributed by atoms with Crippen LogP contribution in [0, 0.1) is 11.7 Å². The van der Waals surface area contributed by atoms with Gasteiger partial charge in [0, 0.05) is 35.7 Å². The molecule has 0 radical (unpaired) electrons. The van der Waals surface area contributed by atoms with E-state index in [1.807, 2.05) is 48.5 Å². The first kappa shape index (κ1) is 27.3. The highest BCUT2D eigenvalue weighted by atomic mass is 19.1. The van der Waals surface area contributed by atoms with Gasteiger partial charge in [0.25, 0.3) is 0 Å². The fraction of sp³-hybridized carbons (Fsp3) is 0.303. The normalized spacial score (nSPS) is 20.4. The molecule has 1 aliphatic carbocycles. The Balaban J connectivity index is 1.46. The number of hydrogen-bond donors (Lipinski definition) is 0. The van der Waals surface area contributed by atoms with Crippen LogP contribution in [-0.4, -0.2) is 38.3 Å². The number of Topliss-reactive ketones (excluding diaryl/α,β-unsaturated/α-hetero) is 1. The van der Waals surface area contributed by atoms with Gasteiger partial charge in [-0.1, -0.05) is 48.5 Å². The van der Waals surface area contributed by atoms with Crippen LogP contribution in [0.4, 0.5) is 4.39 Å². The van der Waals surface area contributed by atoms with Crippen LogP contribution in [0.15, 0.2) is 89.1 Å². The average Bonchev–Trinajstić information content (AvgIpc) is 2.96. The van der Waals surface area contributed by atoms with E-state index in [1.54, 1.807) is 33.3 Å². The molecule has 0 fully saturated rings. The van der Waals surface area contributed by atoms with E-state index in [0.29, 0.717) is 46.9 Å². The number of carbonyl (C=O) groups is 2. The lowest BCUT2D eigenvalue weighted by Gasteiger charge is -2.36. The summed E-state index contributed by atoms with van der Waals surface area (Å²) in [7, 11) is 3.16. The van der Waals surface area contributed by atoms with E-state index in [9.17, 15) is 14.0 Å². The lowest BCUT2D eigenvalue weighted by molar-refractivity contribution is -0.146. The fourth-order valence-corrected chi connectivity index (χ4v) is 5.74. The lowest BCUT2D eigenvalue weighted by atomic mass is 9.69. The molecule has 0 aromatic heterocycles. The summed E-state index contributed by atoms with van der Waals surface area (Å²) in [6.07, 6.45) is 1.37. The highest BCUT2D eigenvalue weighted by Gasteiger charge is 2.44. The smallest absolute Gasteiger partial charge is 0.315 e. The van der Waals surface area contributed by atoms with Crippen molar-refractivity contribution in [3.63, 3.8) is 0 Å². The predicted molar refractivity (Wildman–Crippen MR) is 150 cm³/mol. The lowest BCUT2D eigenvalue weighted by Crippen LogP contribution is -2.38. The van der Waals surface area contributed by atoms with E-state index in [2.05, 4.69) is 0 Å². The van der Waals surface area contributed by atoms with Gasteiger partial charge in [0.05, 0.1) is 20.8 Å². The third-order valence-corrected chi connectivity index (χ3v) is 7.73. The van der Waals surface area contributed by atoms with Gasteiger partial charge in [0.1, 0.15) is 11.7 Å². The van der Waals surface area contributed by atoms with Gasteiger partial charge in [-0.15, -0.1) is 0 Å². The number of nitrogens with zero attached hydrogens (tertiary/aromatic N) is 1. The second kappa shape index (κ2) is 11.9. The zero-order valence-corrected chi connectivity index (χ0v) is 22.9. The molecule has 40 heavy (non-hydrogen) atoms. The Labute approximate surface area is 233 Å². The zero-order valence-electron chi connectivity index (χ0n) is 22.9. The number of hydrogen-bond acceptors (Lipinski definition) is 6. The van der Waals surface area contributed by atoms with Gasteiger partial charge in [-0.25, -0.2) is 4.39 Å². The molecule has 2 aliphatic rings. The molecule has 206 valence electrons. The van der Waals surface area contributed by atoms with Crippen LogP contribution in [0.1, 0.15) is 48.3 Å². The predicted octanol–water partition coefficient (Wildman–Crippen LogP) is 6.20. The summed E-state index contributed by atoms with van der Waals surface area (Å²) in [6, 6.07) is 21.4. The molecule has 7 heteroatoms. The number of aliphatic imine (C=N–C) groups is 1. The minimum absolute atomic E-state index is 0.0753. The summed E-state index contributed by atoms with van der Waals surface area (Å²) < 4.78 is 30.4. The topological polar surface area (TPSA) is 74.2 Å². The number of rotatable bonds is 8. The molecule has 3 aromatic carbocycles. The van der Waals surface area contributed by atoms with Gasteiger partial charge < -0.3 is 14.2 Å². The molecule has 1 heterocycles. The highest BCUT2D eigenvalue weighted by molar-refractivity contribution is 6.09. The first-order chi connectivity index (χ1) is 19.4. The summed E-state index contributed by atoms with van der Waals surface area (Å²) in [5, 5.41) is 0. The average molecular weight is 542 g/mol. The molecule has 0 saturated carbocycles. The van der Waals surface area contributed by atoms with Gasteiger partial charge in [-0.2, -0.15) is 0 Å². The molecule has 0 N–H and O–H groups in total. The minimum atomic E-state index is -0.776. The monoisotopic (exact) mass is 541 g/mol.